The standard InChI is InChI=1S/C8H8.C7H10/c1-2-8-6-4-3-5-7-8;1-3-5-7-6-4-2/h2-7H,1H2;3-7H,1H2,2H3. The van der Waals surface area contributed by atoms with Gasteiger partial charge in [0.2, 0.25) is 0 Å². The Kier molecular flexibility index (Phi) is 9.02. The van der Waals surface area contributed by atoms with Crippen molar-refractivity contribution in [1.29, 1.82) is 0 Å². The maximum atomic E-state index is 3.63. The van der Waals surface area contributed by atoms with E-state index in [9.17, 15) is 0 Å². The van der Waals surface area contributed by atoms with Crippen LogP contribution in [0, 0.1) is 0 Å². The minimum atomic E-state index is 1.17. The molecule has 15 heavy (non-hydrogen) atoms. The zero-order valence-corrected chi connectivity index (χ0v) is 9.27. The molecule has 0 amide bonds. The van der Waals surface area contributed by atoms with Gasteiger partial charge in [0.1, 0.15) is 0 Å². The van der Waals surface area contributed by atoms with Gasteiger partial charge >= 0.3 is 0 Å². The summed E-state index contributed by atoms with van der Waals surface area (Å²) in [7, 11) is 0. The Morgan fingerprint density at radius 1 is 0.933 bits per heavy atom. The second-order valence-corrected chi connectivity index (χ2v) is 2.76. The molecule has 0 spiro atoms. The third-order valence-corrected chi connectivity index (χ3v) is 1.59. The molecule has 0 N–H and O–H groups in total. The Labute approximate surface area is 93.0 Å². The lowest BCUT2D eigenvalue weighted by Gasteiger charge is -1.85. The van der Waals surface area contributed by atoms with E-state index in [1.54, 1.807) is 6.08 Å². The zero-order valence-electron chi connectivity index (χ0n) is 9.27. The van der Waals surface area contributed by atoms with Crippen LogP contribution in [0.25, 0.3) is 6.08 Å². The molecular formula is C15H18. The average molecular weight is 198 g/mol. The summed E-state index contributed by atoms with van der Waals surface area (Å²) in [5, 5.41) is 0. The molecule has 1 aromatic carbocycles. The van der Waals surface area contributed by atoms with Crippen molar-refractivity contribution in [3.63, 3.8) is 0 Å². The third kappa shape index (κ3) is 8.51. The Bertz CT molecular complexity index is 315. The van der Waals surface area contributed by atoms with Gasteiger partial charge in [-0.15, -0.1) is 0 Å². The normalized spacial score (nSPS) is 9.67. The van der Waals surface area contributed by atoms with Crippen molar-refractivity contribution >= 4 is 6.08 Å². The maximum absolute atomic E-state index is 3.63. The van der Waals surface area contributed by atoms with Crippen LogP contribution in [0.3, 0.4) is 0 Å². The first-order valence-electron chi connectivity index (χ1n) is 4.93. The molecule has 0 fully saturated rings. The monoisotopic (exact) mass is 198 g/mol. The first kappa shape index (κ1) is 13.2. The molecular weight excluding hydrogens is 180 g/mol. The Hall–Kier alpha value is -1.82. The summed E-state index contributed by atoms with van der Waals surface area (Å²) in [6.07, 6.45) is 11.3. The van der Waals surface area contributed by atoms with E-state index in [1.165, 1.54) is 5.56 Å². The summed E-state index contributed by atoms with van der Waals surface area (Å²) in [6.45, 7) is 9.12. The quantitative estimate of drug-likeness (QED) is 0.621. The maximum Gasteiger partial charge on any atom is -0.0263 e. The van der Waals surface area contributed by atoms with Gasteiger partial charge in [-0.2, -0.15) is 0 Å². The van der Waals surface area contributed by atoms with Crippen LogP contribution < -0.4 is 0 Å². The topological polar surface area (TPSA) is 0 Å². The van der Waals surface area contributed by atoms with Crippen LogP contribution in [0.5, 0.6) is 0 Å². The van der Waals surface area contributed by atoms with E-state index in [-0.39, 0.29) is 0 Å². The fraction of sp³-hybridized carbons (Fsp3) is 0.0667. The number of rotatable bonds is 3. The van der Waals surface area contributed by atoms with Crippen molar-refractivity contribution in [2.75, 3.05) is 0 Å². The Morgan fingerprint density at radius 2 is 1.60 bits per heavy atom. The summed E-state index contributed by atoms with van der Waals surface area (Å²) >= 11 is 0. The lowest BCUT2D eigenvalue weighted by atomic mass is 10.2. The van der Waals surface area contributed by atoms with E-state index in [0.29, 0.717) is 0 Å². The Morgan fingerprint density at radius 3 is 2.00 bits per heavy atom. The molecule has 0 unspecified atom stereocenters. The van der Waals surface area contributed by atoms with Gasteiger partial charge in [-0.25, -0.2) is 0 Å². The van der Waals surface area contributed by atoms with Crippen molar-refractivity contribution in [2.24, 2.45) is 0 Å². The molecule has 0 saturated heterocycles. The van der Waals surface area contributed by atoms with Gasteiger partial charge in [0.15, 0.2) is 0 Å². The molecule has 0 atom stereocenters. The van der Waals surface area contributed by atoms with Crippen LogP contribution in [-0.2, 0) is 0 Å². The molecule has 78 valence electrons. The minimum absolute atomic E-state index is 1.17. The SMILES string of the molecule is C=CC=CC=CC.C=Cc1ccccc1. The summed E-state index contributed by atoms with van der Waals surface area (Å²) in [6, 6.07) is 10.0. The van der Waals surface area contributed by atoms with Crippen molar-refractivity contribution in [3.05, 3.63) is 79.4 Å². The average Bonchev–Trinajstić information content (AvgIpc) is 2.32. The van der Waals surface area contributed by atoms with Gasteiger partial charge in [-0.05, 0) is 12.5 Å². The molecule has 0 aromatic heterocycles. The molecule has 0 aliphatic rings. The van der Waals surface area contributed by atoms with Crippen molar-refractivity contribution in [1.82, 2.24) is 0 Å². The highest BCUT2D eigenvalue weighted by molar-refractivity contribution is 5.45. The number of hydrogen-bond acceptors (Lipinski definition) is 0. The highest BCUT2D eigenvalue weighted by Gasteiger charge is 1.75. The van der Waals surface area contributed by atoms with Crippen LogP contribution in [0.15, 0.2) is 73.9 Å². The molecule has 1 aromatic rings. The molecule has 0 heteroatoms. The van der Waals surface area contributed by atoms with Gasteiger partial charge < -0.3 is 0 Å². The predicted octanol–water partition coefficient (Wildman–Crippen LogP) is 4.63. The lowest BCUT2D eigenvalue weighted by molar-refractivity contribution is 1.67. The van der Waals surface area contributed by atoms with Crippen molar-refractivity contribution in [2.45, 2.75) is 6.92 Å². The van der Waals surface area contributed by atoms with Crippen LogP contribution in [0.1, 0.15) is 12.5 Å². The number of benzene rings is 1. The van der Waals surface area contributed by atoms with Crippen molar-refractivity contribution < 1.29 is 0 Å². The molecule has 0 heterocycles. The highest BCUT2D eigenvalue weighted by atomic mass is 13.8. The van der Waals surface area contributed by atoms with E-state index in [0.717, 1.165) is 0 Å². The van der Waals surface area contributed by atoms with Gasteiger partial charge in [0.05, 0.1) is 0 Å². The Balaban J connectivity index is 0.000000265. The second kappa shape index (κ2) is 10.3. The molecule has 0 saturated carbocycles. The molecule has 0 aliphatic carbocycles. The first-order chi connectivity index (χ1) is 7.35. The fourth-order valence-electron chi connectivity index (χ4n) is 0.843. The molecule has 0 nitrogen and oxygen atoms in total. The van der Waals surface area contributed by atoms with Gasteiger partial charge in [0.25, 0.3) is 0 Å². The molecule has 1 rings (SSSR count). The molecule has 0 aliphatic heterocycles. The van der Waals surface area contributed by atoms with Crippen molar-refractivity contribution in [3.8, 4) is 0 Å². The molecule has 0 radical (unpaired) electrons. The van der Waals surface area contributed by atoms with Crippen LogP contribution in [0.4, 0.5) is 0 Å². The van der Waals surface area contributed by atoms with E-state index >= 15 is 0 Å². The summed E-state index contributed by atoms with van der Waals surface area (Å²) in [4.78, 5) is 0. The zero-order chi connectivity index (χ0) is 11.4. The van der Waals surface area contributed by atoms with Gasteiger partial charge in [-0.3, -0.25) is 0 Å². The van der Waals surface area contributed by atoms with Crippen LogP contribution >= 0.6 is 0 Å². The first-order valence-corrected chi connectivity index (χ1v) is 4.93. The predicted molar refractivity (Wildman–Crippen MR) is 70.7 cm³/mol. The third-order valence-electron chi connectivity index (χ3n) is 1.59. The number of allylic oxidation sites excluding steroid dienone is 5. The van der Waals surface area contributed by atoms with Crippen LogP contribution in [0.2, 0.25) is 0 Å². The smallest absolute Gasteiger partial charge is 0.0263 e. The summed E-state index contributed by atoms with van der Waals surface area (Å²) in [5.41, 5.74) is 1.17. The van der Waals surface area contributed by atoms with Gasteiger partial charge in [-0.1, -0.05) is 79.9 Å². The van der Waals surface area contributed by atoms with E-state index < -0.39 is 0 Å². The largest absolute Gasteiger partial charge is 0.0991 e. The van der Waals surface area contributed by atoms with Gasteiger partial charge in [0, 0.05) is 0 Å². The second-order valence-electron chi connectivity index (χ2n) is 2.76. The van der Waals surface area contributed by atoms with Crippen LogP contribution in [-0.4, -0.2) is 0 Å². The fourth-order valence-corrected chi connectivity index (χ4v) is 0.843. The summed E-state index contributed by atoms with van der Waals surface area (Å²) in [5.74, 6) is 0. The highest BCUT2D eigenvalue weighted by Crippen LogP contribution is 1.97. The van der Waals surface area contributed by atoms with E-state index in [4.69, 9.17) is 0 Å². The lowest BCUT2D eigenvalue weighted by Crippen LogP contribution is -1.63. The van der Waals surface area contributed by atoms with E-state index in [2.05, 4.69) is 13.2 Å². The molecule has 0 bridgehead atoms. The van der Waals surface area contributed by atoms with E-state index in [1.807, 2.05) is 67.6 Å². The minimum Gasteiger partial charge on any atom is -0.0991 e. The summed E-state index contributed by atoms with van der Waals surface area (Å²) < 4.78 is 0. The number of hydrogen-bond donors (Lipinski definition) is 0.